The molecule has 5 nitrogen and oxygen atoms in total. The number of carbonyl (C=O) groups is 2. The summed E-state index contributed by atoms with van der Waals surface area (Å²) in [7, 11) is 0. The molecule has 0 radical (unpaired) electrons. The molecule has 0 bridgehead atoms. The fourth-order valence-corrected chi connectivity index (χ4v) is 3.34. The van der Waals surface area contributed by atoms with E-state index < -0.39 is 28.9 Å². The molecule has 0 spiro atoms. The van der Waals surface area contributed by atoms with Crippen LogP contribution in [0.4, 0.5) is 0 Å². The molecule has 0 saturated carbocycles. The van der Waals surface area contributed by atoms with Crippen LogP contribution >= 0.6 is 11.6 Å². The third-order valence-electron chi connectivity index (χ3n) is 4.16. The van der Waals surface area contributed by atoms with Crippen LogP contribution < -0.4 is 0 Å². The fraction of sp³-hybridized carbons (Fsp3) is 0.375. The van der Waals surface area contributed by atoms with Crippen molar-refractivity contribution in [2.45, 2.75) is 31.8 Å². The first kappa shape index (κ1) is 16.4. The Balaban J connectivity index is 2.69. The first-order valence-electron chi connectivity index (χ1n) is 6.72. The molecule has 2 N–H and O–H groups in total. The predicted octanol–water partition coefficient (Wildman–Crippen LogP) is 3.08. The van der Waals surface area contributed by atoms with E-state index in [2.05, 4.69) is 0 Å². The summed E-state index contributed by atoms with van der Waals surface area (Å²) in [6.07, 6.45) is 1.65. The second kappa shape index (κ2) is 5.32. The molecule has 1 aliphatic rings. The quantitative estimate of drug-likeness (QED) is 0.892. The summed E-state index contributed by atoms with van der Waals surface area (Å²) >= 11 is 5.88. The van der Waals surface area contributed by atoms with Crippen molar-refractivity contribution in [3.05, 3.63) is 46.7 Å². The second-order valence-electron chi connectivity index (χ2n) is 5.83. The molecule has 1 aromatic rings. The van der Waals surface area contributed by atoms with Gasteiger partial charge in [-0.2, -0.15) is 0 Å². The standard InChI is InChI=1S/C16H17ClO5/c1-9-8-15(2,10-4-6-11(17)7-5-10)12(13(18)19)16(3,22-9)14(20)21/h4-8,12H,1-3H3,(H,18,19)(H,20,21). The van der Waals surface area contributed by atoms with Gasteiger partial charge >= 0.3 is 11.9 Å². The Morgan fingerprint density at radius 3 is 2.18 bits per heavy atom. The SMILES string of the molecule is CC1=CC(C)(c2ccc(Cl)cc2)C(C(=O)O)C(C)(C(=O)O)O1. The van der Waals surface area contributed by atoms with Gasteiger partial charge in [0.25, 0.3) is 0 Å². The molecular weight excluding hydrogens is 308 g/mol. The second-order valence-corrected chi connectivity index (χ2v) is 6.27. The lowest BCUT2D eigenvalue weighted by molar-refractivity contribution is -0.181. The maximum Gasteiger partial charge on any atom is 0.348 e. The van der Waals surface area contributed by atoms with Gasteiger partial charge in [-0.15, -0.1) is 0 Å². The number of benzene rings is 1. The molecule has 2 rings (SSSR count). The summed E-state index contributed by atoms with van der Waals surface area (Å²) in [6, 6.07) is 6.71. The number of carboxylic acids is 2. The monoisotopic (exact) mass is 324 g/mol. The molecule has 1 aliphatic heterocycles. The van der Waals surface area contributed by atoms with E-state index in [-0.39, 0.29) is 0 Å². The summed E-state index contributed by atoms with van der Waals surface area (Å²) in [5, 5.41) is 19.7. The van der Waals surface area contributed by atoms with Crippen molar-refractivity contribution in [3.8, 4) is 0 Å². The molecule has 0 fully saturated rings. The highest BCUT2D eigenvalue weighted by atomic mass is 35.5. The molecule has 0 aliphatic carbocycles. The van der Waals surface area contributed by atoms with Gasteiger partial charge in [0.2, 0.25) is 5.60 Å². The van der Waals surface area contributed by atoms with E-state index in [1.54, 1.807) is 44.2 Å². The zero-order chi connectivity index (χ0) is 16.7. The highest BCUT2D eigenvalue weighted by molar-refractivity contribution is 6.30. The largest absolute Gasteiger partial charge is 0.481 e. The highest BCUT2D eigenvalue weighted by Gasteiger charge is 2.59. The number of halogens is 1. The number of aliphatic carboxylic acids is 2. The predicted molar refractivity (Wildman–Crippen MR) is 80.8 cm³/mol. The Kier molecular flexibility index (Phi) is 3.96. The van der Waals surface area contributed by atoms with Crippen LogP contribution in [0.1, 0.15) is 26.3 Å². The summed E-state index contributed by atoms with van der Waals surface area (Å²) in [5.41, 5.74) is -2.23. The molecule has 3 unspecified atom stereocenters. The van der Waals surface area contributed by atoms with Gasteiger partial charge in [0.15, 0.2) is 0 Å². The van der Waals surface area contributed by atoms with Gasteiger partial charge in [-0.05, 0) is 37.6 Å². The van der Waals surface area contributed by atoms with Crippen molar-refractivity contribution in [2.75, 3.05) is 0 Å². The van der Waals surface area contributed by atoms with Gasteiger partial charge in [-0.25, -0.2) is 4.79 Å². The highest BCUT2D eigenvalue weighted by Crippen LogP contribution is 2.47. The molecule has 0 aromatic heterocycles. The zero-order valence-corrected chi connectivity index (χ0v) is 13.2. The zero-order valence-electron chi connectivity index (χ0n) is 12.5. The van der Waals surface area contributed by atoms with Crippen LogP contribution in [0.2, 0.25) is 5.02 Å². The Labute approximate surface area is 133 Å². The minimum atomic E-state index is -1.86. The van der Waals surface area contributed by atoms with Crippen molar-refractivity contribution >= 4 is 23.5 Å². The molecule has 0 saturated heterocycles. The Morgan fingerprint density at radius 2 is 1.73 bits per heavy atom. The Hall–Kier alpha value is -2.01. The van der Waals surface area contributed by atoms with Crippen LogP contribution in [0.25, 0.3) is 0 Å². The topological polar surface area (TPSA) is 83.8 Å². The van der Waals surface area contributed by atoms with Crippen molar-refractivity contribution in [1.29, 1.82) is 0 Å². The van der Waals surface area contributed by atoms with Gasteiger partial charge < -0.3 is 14.9 Å². The third kappa shape index (κ3) is 2.46. The summed E-state index contributed by atoms with van der Waals surface area (Å²) in [6.45, 7) is 4.61. The van der Waals surface area contributed by atoms with Crippen LogP contribution in [0.3, 0.4) is 0 Å². The number of ether oxygens (including phenoxy) is 1. The van der Waals surface area contributed by atoms with E-state index in [1.165, 1.54) is 6.92 Å². The summed E-state index contributed by atoms with van der Waals surface area (Å²) in [4.78, 5) is 23.5. The van der Waals surface area contributed by atoms with Gasteiger partial charge in [0.05, 0.1) is 5.76 Å². The molecule has 118 valence electrons. The van der Waals surface area contributed by atoms with Gasteiger partial charge in [-0.3, -0.25) is 4.79 Å². The molecular formula is C16H17ClO5. The number of carboxylic acid groups (broad SMARTS) is 2. The van der Waals surface area contributed by atoms with Gasteiger partial charge in [-0.1, -0.05) is 30.7 Å². The van der Waals surface area contributed by atoms with E-state index in [1.807, 2.05) is 0 Å². The van der Waals surface area contributed by atoms with Crippen LogP contribution in [0.15, 0.2) is 36.1 Å². The molecule has 1 heterocycles. The van der Waals surface area contributed by atoms with E-state index in [0.717, 1.165) is 0 Å². The molecule has 3 atom stereocenters. The third-order valence-corrected chi connectivity index (χ3v) is 4.42. The van der Waals surface area contributed by atoms with Crippen LogP contribution in [0.5, 0.6) is 0 Å². The van der Waals surface area contributed by atoms with Crippen molar-refractivity contribution in [1.82, 2.24) is 0 Å². The number of allylic oxidation sites excluding steroid dienone is 2. The molecule has 0 amide bonds. The maximum atomic E-state index is 11.8. The minimum absolute atomic E-state index is 0.375. The van der Waals surface area contributed by atoms with Crippen molar-refractivity contribution < 1.29 is 24.5 Å². The lowest BCUT2D eigenvalue weighted by Crippen LogP contribution is -2.58. The van der Waals surface area contributed by atoms with E-state index in [0.29, 0.717) is 16.3 Å². The fourth-order valence-electron chi connectivity index (χ4n) is 3.22. The summed E-state index contributed by atoms with van der Waals surface area (Å²) < 4.78 is 5.40. The first-order chi connectivity index (χ1) is 10.1. The first-order valence-corrected chi connectivity index (χ1v) is 7.10. The minimum Gasteiger partial charge on any atom is -0.481 e. The molecule has 1 aromatic carbocycles. The number of rotatable bonds is 3. The number of hydrogen-bond donors (Lipinski definition) is 2. The number of hydrogen-bond acceptors (Lipinski definition) is 3. The lowest BCUT2D eigenvalue weighted by atomic mass is 9.63. The maximum absolute atomic E-state index is 11.8. The lowest BCUT2D eigenvalue weighted by Gasteiger charge is -2.45. The van der Waals surface area contributed by atoms with Crippen LogP contribution in [-0.2, 0) is 19.7 Å². The summed E-state index contributed by atoms with van der Waals surface area (Å²) in [5.74, 6) is -3.46. The van der Waals surface area contributed by atoms with E-state index in [4.69, 9.17) is 16.3 Å². The smallest absolute Gasteiger partial charge is 0.348 e. The normalized spacial score (nSPS) is 31.1. The Morgan fingerprint density at radius 1 is 1.18 bits per heavy atom. The molecule has 6 heteroatoms. The van der Waals surface area contributed by atoms with Crippen LogP contribution in [0, 0.1) is 5.92 Å². The van der Waals surface area contributed by atoms with Crippen molar-refractivity contribution in [2.24, 2.45) is 5.92 Å². The van der Waals surface area contributed by atoms with E-state index >= 15 is 0 Å². The van der Waals surface area contributed by atoms with Crippen LogP contribution in [-0.4, -0.2) is 27.8 Å². The van der Waals surface area contributed by atoms with E-state index in [9.17, 15) is 19.8 Å². The van der Waals surface area contributed by atoms with Crippen molar-refractivity contribution in [3.63, 3.8) is 0 Å². The van der Waals surface area contributed by atoms with Gasteiger partial charge in [0.1, 0.15) is 5.92 Å². The average Bonchev–Trinajstić information content (AvgIpc) is 2.37. The Bertz CT molecular complexity index is 651. The van der Waals surface area contributed by atoms with Gasteiger partial charge in [0, 0.05) is 10.4 Å². The molecule has 22 heavy (non-hydrogen) atoms. The average molecular weight is 325 g/mol.